The Balaban J connectivity index is 1.64. The maximum absolute atomic E-state index is 12.7. The summed E-state index contributed by atoms with van der Waals surface area (Å²) in [4.78, 5) is 21.7. The van der Waals surface area contributed by atoms with Gasteiger partial charge in [-0.25, -0.2) is 18.4 Å². The minimum atomic E-state index is -3.42. The van der Waals surface area contributed by atoms with Gasteiger partial charge in [-0.05, 0) is 31.9 Å². The van der Waals surface area contributed by atoms with Crippen LogP contribution in [0.25, 0.3) is 20.4 Å². The van der Waals surface area contributed by atoms with E-state index in [1.165, 1.54) is 15.6 Å². The van der Waals surface area contributed by atoms with Crippen molar-refractivity contribution in [1.82, 2.24) is 14.3 Å². The van der Waals surface area contributed by atoms with Crippen LogP contribution in [0.3, 0.4) is 0 Å². The molecule has 138 valence electrons. The zero-order valence-corrected chi connectivity index (χ0v) is 16.8. The SMILES string of the molecule is Cc1nc2c(ccc3nc(NC(=O)C4CCCCN4S(C)(=O)=O)sc32)s1. The number of nitrogens with one attached hydrogen (secondary N) is 1. The lowest BCUT2D eigenvalue weighted by Crippen LogP contribution is -2.49. The molecule has 0 spiro atoms. The largest absolute Gasteiger partial charge is 0.301 e. The van der Waals surface area contributed by atoms with E-state index in [2.05, 4.69) is 15.3 Å². The fourth-order valence-electron chi connectivity index (χ4n) is 3.29. The molecule has 0 aliphatic carbocycles. The summed E-state index contributed by atoms with van der Waals surface area (Å²) in [5, 5.41) is 4.27. The number of hydrogen-bond donors (Lipinski definition) is 1. The number of hydrogen-bond acceptors (Lipinski definition) is 7. The van der Waals surface area contributed by atoms with E-state index in [1.807, 2.05) is 19.1 Å². The summed E-state index contributed by atoms with van der Waals surface area (Å²) < 4.78 is 27.3. The summed E-state index contributed by atoms with van der Waals surface area (Å²) >= 11 is 3.00. The van der Waals surface area contributed by atoms with Crippen molar-refractivity contribution < 1.29 is 13.2 Å². The molecule has 1 unspecified atom stereocenters. The molecule has 1 amide bonds. The van der Waals surface area contributed by atoms with Crippen molar-refractivity contribution in [1.29, 1.82) is 0 Å². The minimum absolute atomic E-state index is 0.320. The number of anilines is 1. The Kier molecular flexibility index (Phi) is 4.46. The van der Waals surface area contributed by atoms with Crippen LogP contribution < -0.4 is 5.32 Å². The monoisotopic (exact) mass is 410 g/mol. The van der Waals surface area contributed by atoms with Gasteiger partial charge in [0, 0.05) is 6.54 Å². The average Bonchev–Trinajstić information content (AvgIpc) is 3.15. The average molecular weight is 411 g/mol. The molecule has 26 heavy (non-hydrogen) atoms. The number of rotatable bonds is 3. The number of aryl methyl sites for hydroxylation is 1. The molecule has 7 nitrogen and oxygen atoms in total. The van der Waals surface area contributed by atoms with Crippen molar-refractivity contribution in [2.45, 2.75) is 32.2 Å². The second-order valence-corrected chi connectivity index (χ2v) is 10.6. The number of amides is 1. The van der Waals surface area contributed by atoms with Gasteiger partial charge < -0.3 is 5.32 Å². The fourth-order valence-corrected chi connectivity index (χ4v) is 6.28. The van der Waals surface area contributed by atoms with E-state index in [-0.39, 0.29) is 5.91 Å². The Morgan fingerprint density at radius 2 is 2.08 bits per heavy atom. The van der Waals surface area contributed by atoms with Crippen LogP contribution in [0.5, 0.6) is 0 Å². The number of fused-ring (bicyclic) bond motifs is 3. The Labute approximate surface area is 159 Å². The highest BCUT2D eigenvalue weighted by molar-refractivity contribution is 7.88. The van der Waals surface area contributed by atoms with Gasteiger partial charge in [0.15, 0.2) is 5.13 Å². The summed E-state index contributed by atoms with van der Waals surface area (Å²) in [6, 6.07) is 3.23. The van der Waals surface area contributed by atoms with Crippen molar-refractivity contribution in [3.8, 4) is 0 Å². The van der Waals surface area contributed by atoms with E-state index in [0.29, 0.717) is 18.1 Å². The zero-order chi connectivity index (χ0) is 18.5. The standard InChI is InChI=1S/C16H18N4O3S3/c1-9-17-13-12(24-9)7-6-10-14(13)25-16(18-10)19-15(21)11-5-3-4-8-20(11)26(2,22)23/h6-7,11H,3-5,8H2,1-2H3,(H,18,19,21). The number of piperidine rings is 1. The molecule has 4 rings (SSSR count). The van der Waals surface area contributed by atoms with Crippen LogP contribution in [0.15, 0.2) is 12.1 Å². The molecule has 10 heteroatoms. The molecule has 0 saturated carbocycles. The number of carbonyl (C=O) groups is 1. The minimum Gasteiger partial charge on any atom is -0.301 e. The molecule has 1 aromatic carbocycles. The van der Waals surface area contributed by atoms with E-state index >= 15 is 0 Å². The summed E-state index contributed by atoms with van der Waals surface area (Å²) in [7, 11) is -3.42. The summed E-state index contributed by atoms with van der Waals surface area (Å²) in [5.74, 6) is -0.320. The smallest absolute Gasteiger partial charge is 0.244 e. The molecule has 1 saturated heterocycles. The van der Waals surface area contributed by atoms with Crippen molar-refractivity contribution in [3.05, 3.63) is 17.1 Å². The fraction of sp³-hybridized carbons (Fsp3) is 0.438. The molecular weight excluding hydrogens is 392 g/mol. The lowest BCUT2D eigenvalue weighted by Gasteiger charge is -2.32. The van der Waals surface area contributed by atoms with E-state index in [0.717, 1.165) is 44.5 Å². The molecule has 2 aromatic heterocycles. The Morgan fingerprint density at radius 1 is 1.27 bits per heavy atom. The maximum Gasteiger partial charge on any atom is 0.244 e. The van der Waals surface area contributed by atoms with Crippen molar-refractivity contribution in [2.75, 3.05) is 18.1 Å². The first kappa shape index (κ1) is 17.8. The third-order valence-electron chi connectivity index (χ3n) is 4.43. The van der Waals surface area contributed by atoms with Gasteiger partial charge in [0.05, 0.1) is 26.2 Å². The molecule has 1 aliphatic rings. The van der Waals surface area contributed by atoms with Crippen molar-refractivity contribution in [3.63, 3.8) is 0 Å². The predicted octanol–water partition coefficient (Wildman–Crippen LogP) is 2.97. The maximum atomic E-state index is 12.7. The molecule has 0 radical (unpaired) electrons. The second kappa shape index (κ2) is 6.52. The van der Waals surface area contributed by atoms with Gasteiger partial charge in [-0.2, -0.15) is 4.31 Å². The first-order valence-electron chi connectivity index (χ1n) is 8.27. The number of nitrogens with zero attached hydrogens (tertiary/aromatic N) is 3. The van der Waals surface area contributed by atoms with E-state index in [1.54, 1.807) is 11.3 Å². The van der Waals surface area contributed by atoms with Crippen LogP contribution in [-0.2, 0) is 14.8 Å². The van der Waals surface area contributed by atoms with Crippen LogP contribution in [0.1, 0.15) is 24.3 Å². The van der Waals surface area contributed by atoms with Crippen LogP contribution >= 0.6 is 22.7 Å². The Morgan fingerprint density at radius 3 is 2.85 bits per heavy atom. The van der Waals surface area contributed by atoms with E-state index < -0.39 is 16.1 Å². The third kappa shape index (κ3) is 3.22. The van der Waals surface area contributed by atoms with E-state index in [4.69, 9.17) is 0 Å². The van der Waals surface area contributed by atoms with Gasteiger partial charge >= 0.3 is 0 Å². The van der Waals surface area contributed by atoms with Crippen molar-refractivity contribution in [2.24, 2.45) is 0 Å². The van der Waals surface area contributed by atoms with Crippen LogP contribution in [0.4, 0.5) is 5.13 Å². The molecule has 1 N–H and O–H groups in total. The van der Waals surface area contributed by atoms with Crippen molar-refractivity contribution >= 4 is 64.2 Å². The Hall–Kier alpha value is -1.62. The number of carbonyl (C=O) groups excluding carboxylic acids is 1. The molecule has 0 bridgehead atoms. The highest BCUT2D eigenvalue weighted by atomic mass is 32.2. The summed E-state index contributed by atoms with van der Waals surface area (Å²) in [6.45, 7) is 2.35. The first-order chi connectivity index (χ1) is 12.3. The highest BCUT2D eigenvalue weighted by Gasteiger charge is 2.34. The quantitative estimate of drug-likeness (QED) is 0.717. The van der Waals surface area contributed by atoms with Gasteiger partial charge in [0.1, 0.15) is 11.6 Å². The zero-order valence-electron chi connectivity index (χ0n) is 14.4. The van der Waals surface area contributed by atoms with Crippen LogP contribution in [-0.4, -0.2) is 47.4 Å². The first-order valence-corrected chi connectivity index (χ1v) is 11.8. The molecule has 1 aliphatic heterocycles. The molecule has 1 atom stereocenters. The number of thiazole rings is 2. The predicted molar refractivity (Wildman–Crippen MR) is 105 cm³/mol. The topological polar surface area (TPSA) is 92.3 Å². The number of sulfonamides is 1. The molecule has 1 fully saturated rings. The molecule has 3 heterocycles. The lowest BCUT2D eigenvalue weighted by molar-refractivity contribution is -0.120. The summed E-state index contributed by atoms with van der Waals surface area (Å²) in [6.07, 6.45) is 3.29. The van der Waals surface area contributed by atoms with Crippen LogP contribution in [0, 0.1) is 6.92 Å². The van der Waals surface area contributed by atoms with Crippen LogP contribution in [0.2, 0.25) is 0 Å². The molecule has 3 aromatic rings. The van der Waals surface area contributed by atoms with Gasteiger partial charge in [-0.15, -0.1) is 11.3 Å². The normalized spacial score (nSPS) is 19.2. The van der Waals surface area contributed by atoms with Gasteiger partial charge in [0.2, 0.25) is 15.9 Å². The Bertz CT molecular complexity index is 1100. The van der Waals surface area contributed by atoms with Gasteiger partial charge in [0.25, 0.3) is 0 Å². The highest BCUT2D eigenvalue weighted by Crippen LogP contribution is 2.35. The summed E-state index contributed by atoms with van der Waals surface area (Å²) in [5.41, 5.74) is 1.69. The number of benzene rings is 1. The second-order valence-electron chi connectivity index (χ2n) is 6.39. The third-order valence-corrected chi connectivity index (χ3v) is 7.65. The number of aromatic nitrogens is 2. The van der Waals surface area contributed by atoms with Gasteiger partial charge in [-0.1, -0.05) is 17.8 Å². The van der Waals surface area contributed by atoms with Gasteiger partial charge in [-0.3, -0.25) is 4.79 Å². The molecular formula is C16H18N4O3S3. The lowest BCUT2D eigenvalue weighted by atomic mass is 10.0. The van der Waals surface area contributed by atoms with E-state index in [9.17, 15) is 13.2 Å².